The van der Waals surface area contributed by atoms with E-state index in [4.69, 9.17) is 0 Å². The molecule has 0 heterocycles. The number of carbonyl (C=O) groups excluding carboxylic acids is 1. The van der Waals surface area contributed by atoms with Crippen LogP contribution in [0.4, 0.5) is 13.2 Å². The lowest BCUT2D eigenvalue weighted by Crippen LogP contribution is -2.01. The summed E-state index contributed by atoms with van der Waals surface area (Å²) < 4.78 is 37.0. The number of benzene rings is 1. The normalized spacial score (nSPS) is 11.6. The zero-order chi connectivity index (χ0) is 12.3. The molecule has 0 saturated heterocycles. The second-order valence-electron chi connectivity index (χ2n) is 3.18. The van der Waals surface area contributed by atoms with Crippen LogP contribution in [0, 0.1) is 0 Å². The van der Waals surface area contributed by atoms with Gasteiger partial charge in [-0.1, -0.05) is 15.9 Å². The van der Waals surface area contributed by atoms with E-state index in [9.17, 15) is 18.0 Å². The van der Waals surface area contributed by atoms with Crippen molar-refractivity contribution in [1.82, 2.24) is 0 Å². The molecule has 1 nitrogen and oxygen atoms in total. The predicted octanol–water partition coefficient (Wildman–Crippen LogP) is 4.19. The Morgan fingerprint density at radius 3 is 2.56 bits per heavy atom. The molecule has 0 spiro atoms. The van der Waals surface area contributed by atoms with Crippen molar-refractivity contribution in [2.24, 2.45) is 0 Å². The third kappa shape index (κ3) is 4.57. The molecular formula is C10H8BrF3OS. The number of alkyl halides is 3. The van der Waals surface area contributed by atoms with Gasteiger partial charge in [0.05, 0.1) is 0 Å². The fourth-order valence-corrected chi connectivity index (χ4v) is 2.14. The Morgan fingerprint density at radius 1 is 1.44 bits per heavy atom. The molecule has 0 atom stereocenters. The first-order valence-electron chi connectivity index (χ1n) is 4.31. The third-order valence-corrected chi connectivity index (χ3v) is 3.18. The van der Waals surface area contributed by atoms with Crippen molar-refractivity contribution in [3.8, 4) is 0 Å². The maximum atomic E-state index is 12.1. The fourth-order valence-electron chi connectivity index (χ4n) is 1.15. The van der Waals surface area contributed by atoms with Gasteiger partial charge in [0.1, 0.15) is 5.78 Å². The number of thioether (sulfide) groups is 1. The molecule has 1 aromatic rings. The number of Topliss-reactive ketones (excluding diaryl/α,β-unsaturated/α-hetero) is 1. The standard InChI is InChI=1S/C10H8BrF3OS/c1-6(15)4-7-5-8(2-3-9(7)11)16-10(12,13)14/h2-3,5H,4H2,1H3. The maximum absolute atomic E-state index is 12.1. The van der Waals surface area contributed by atoms with E-state index in [1.807, 2.05) is 0 Å². The summed E-state index contributed by atoms with van der Waals surface area (Å²) >= 11 is 3.01. The van der Waals surface area contributed by atoms with Crippen molar-refractivity contribution < 1.29 is 18.0 Å². The van der Waals surface area contributed by atoms with Crippen LogP contribution in [-0.2, 0) is 11.2 Å². The Kier molecular flexibility index (Phi) is 4.43. The molecule has 0 bridgehead atoms. The van der Waals surface area contributed by atoms with Crippen LogP contribution in [0.5, 0.6) is 0 Å². The minimum absolute atomic E-state index is 0.0881. The van der Waals surface area contributed by atoms with Crippen molar-refractivity contribution in [2.75, 3.05) is 0 Å². The molecule has 0 unspecified atom stereocenters. The molecule has 16 heavy (non-hydrogen) atoms. The second kappa shape index (κ2) is 5.23. The zero-order valence-electron chi connectivity index (χ0n) is 8.27. The van der Waals surface area contributed by atoms with Crippen molar-refractivity contribution in [3.63, 3.8) is 0 Å². The molecule has 0 radical (unpaired) electrons. The van der Waals surface area contributed by atoms with Crippen LogP contribution in [0.15, 0.2) is 27.6 Å². The van der Waals surface area contributed by atoms with Crippen LogP contribution in [0.25, 0.3) is 0 Å². The highest BCUT2D eigenvalue weighted by Crippen LogP contribution is 2.38. The molecule has 0 aliphatic rings. The predicted molar refractivity (Wildman–Crippen MR) is 60.4 cm³/mol. The Bertz CT molecular complexity index is 404. The third-order valence-electron chi connectivity index (χ3n) is 1.69. The molecule has 0 saturated carbocycles. The van der Waals surface area contributed by atoms with Crippen LogP contribution in [0.2, 0.25) is 0 Å². The lowest BCUT2D eigenvalue weighted by molar-refractivity contribution is -0.116. The van der Waals surface area contributed by atoms with Crippen molar-refractivity contribution in [2.45, 2.75) is 23.7 Å². The number of halogens is 4. The highest BCUT2D eigenvalue weighted by molar-refractivity contribution is 9.10. The van der Waals surface area contributed by atoms with E-state index in [0.29, 0.717) is 10.0 Å². The molecule has 0 amide bonds. The summed E-state index contributed by atoms with van der Waals surface area (Å²) in [6, 6.07) is 4.27. The topological polar surface area (TPSA) is 17.1 Å². The highest BCUT2D eigenvalue weighted by atomic mass is 79.9. The number of hydrogen-bond donors (Lipinski definition) is 0. The van der Waals surface area contributed by atoms with Gasteiger partial charge in [-0.25, -0.2) is 0 Å². The van der Waals surface area contributed by atoms with Gasteiger partial charge in [0, 0.05) is 15.8 Å². The Labute approximate surface area is 104 Å². The minimum atomic E-state index is -4.30. The van der Waals surface area contributed by atoms with E-state index in [1.165, 1.54) is 25.1 Å². The van der Waals surface area contributed by atoms with Crippen molar-refractivity contribution in [3.05, 3.63) is 28.2 Å². The second-order valence-corrected chi connectivity index (χ2v) is 5.17. The van der Waals surface area contributed by atoms with E-state index < -0.39 is 5.51 Å². The van der Waals surface area contributed by atoms with Crippen LogP contribution in [-0.4, -0.2) is 11.3 Å². The van der Waals surface area contributed by atoms with Crippen molar-refractivity contribution in [1.29, 1.82) is 0 Å². The van der Waals surface area contributed by atoms with Crippen LogP contribution in [0.1, 0.15) is 12.5 Å². The lowest BCUT2D eigenvalue weighted by atomic mass is 10.1. The summed E-state index contributed by atoms with van der Waals surface area (Å²) in [5.41, 5.74) is -3.73. The van der Waals surface area contributed by atoms with Gasteiger partial charge in [-0.3, -0.25) is 4.79 Å². The van der Waals surface area contributed by atoms with Crippen LogP contribution in [0.3, 0.4) is 0 Å². The molecule has 0 aliphatic heterocycles. The molecule has 0 fully saturated rings. The summed E-state index contributed by atoms with van der Waals surface area (Å²) in [4.78, 5) is 11.0. The maximum Gasteiger partial charge on any atom is 0.446 e. The first kappa shape index (κ1) is 13.6. The summed E-state index contributed by atoms with van der Waals surface area (Å²) in [5.74, 6) is -0.0881. The molecule has 6 heteroatoms. The molecule has 1 rings (SSSR count). The summed E-state index contributed by atoms with van der Waals surface area (Å²) in [6.07, 6.45) is 0.132. The number of hydrogen-bond acceptors (Lipinski definition) is 2. The van der Waals surface area contributed by atoms with Gasteiger partial charge in [-0.05, 0) is 42.4 Å². The van der Waals surface area contributed by atoms with Gasteiger partial charge in [0.15, 0.2) is 0 Å². The molecule has 0 aliphatic carbocycles. The van der Waals surface area contributed by atoms with Crippen molar-refractivity contribution >= 4 is 33.5 Å². The number of carbonyl (C=O) groups is 1. The molecular weight excluding hydrogens is 305 g/mol. The number of ketones is 1. The SMILES string of the molecule is CC(=O)Cc1cc(SC(F)(F)F)ccc1Br. The van der Waals surface area contributed by atoms with E-state index in [0.717, 1.165) is 0 Å². The van der Waals surface area contributed by atoms with Gasteiger partial charge in [-0.15, -0.1) is 0 Å². The molecule has 88 valence electrons. The quantitative estimate of drug-likeness (QED) is 0.778. The average Bonchev–Trinajstić information content (AvgIpc) is 2.07. The van der Waals surface area contributed by atoms with E-state index in [-0.39, 0.29) is 28.9 Å². The van der Waals surface area contributed by atoms with E-state index in [1.54, 1.807) is 0 Å². The summed E-state index contributed by atoms with van der Waals surface area (Å²) in [5, 5.41) is 0. The smallest absolute Gasteiger partial charge is 0.300 e. The van der Waals surface area contributed by atoms with Gasteiger partial charge < -0.3 is 0 Å². The minimum Gasteiger partial charge on any atom is -0.300 e. The highest BCUT2D eigenvalue weighted by Gasteiger charge is 2.29. The molecule has 0 aromatic heterocycles. The number of rotatable bonds is 3. The molecule has 0 N–H and O–H groups in total. The average molecular weight is 313 g/mol. The van der Waals surface area contributed by atoms with E-state index in [2.05, 4.69) is 15.9 Å². The van der Waals surface area contributed by atoms with Gasteiger partial charge >= 0.3 is 5.51 Å². The molecule has 1 aromatic carbocycles. The van der Waals surface area contributed by atoms with Gasteiger partial charge in [-0.2, -0.15) is 13.2 Å². The zero-order valence-corrected chi connectivity index (χ0v) is 10.7. The van der Waals surface area contributed by atoms with E-state index >= 15 is 0 Å². The Morgan fingerprint density at radius 2 is 2.06 bits per heavy atom. The Hall–Kier alpha value is -0.490. The first-order valence-corrected chi connectivity index (χ1v) is 5.92. The summed E-state index contributed by atoms with van der Waals surface area (Å²) in [7, 11) is 0. The fraction of sp³-hybridized carbons (Fsp3) is 0.300. The monoisotopic (exact) mass is 312 g/mol. The lowest BCUT2D eigenvalue weighted by Gasteiger charge is -2.08. The Balaban J connectivity index is 2.93. The first-order chi connectivity index (χ1) is 7.28. The van der Waals surface area contributed by atoms with Gasteiger partial charge in [0.2, 0.25) is 0 Å². The summed E-state index contributed by atoms with van der Waals surface area (Å²) in [6.45, 7) is 1.40. The van der Waals surface area contributed by atoms with Crippen LogP contribution >= 0.6 is 27.7 Å². The van der Waals surface area contributed by atoms with Gasteiger partial charge in [0.25, 0.3) is 0 Å². The largest absolute Gasteiger partial charge is 0.446 e. The van der Waals surface area contributed by atoms with Crippen LogP contribution < -0.4 is 0 Å².